The summed E-state index contributed by atoms with van der Waals surface area (Å²) in [6, 6.07) is 0. The Hall–Kier alpha value is -0.243. The van der Waals surface area contributed by atoms with Crippen LogP contribution in [0.4, 0.5) is 0 Å². The largest absolute Gasteiger partial charge is 1.00 e. The molecule has 4 nitrogen and oxygen atoms in total. The second-order valence-electron chi connectivity index (χ2n) is 2.16. The van der Waals surface area contributed by atoms with Crippen molar-refractivity contribution in [1.82, 2.24) is 9.55 Å². The summed E-state index contributed by atoms with van der Waals surface area (Å²) < 4.78 is 2.00. The molecule has 1 aromatic heterocycles. The fourth-order valence-electron chi connectivity index (χ4n) is 0.729. The second-order valence-corrected chi connectivity index (χ2v) is 2.91. The van der Waals surface area contributed by atoms with E-state index in [1.165, 1.54) is 4.57 Å². The Morgan fingerprint density at radius 3 is 2.33 bits per heavy atom. The Kier molecular flexibility index (Phi) is 4.04. The summed E-state index contributed by atoms with van der Waals surface area (Å²) in [7, 11) is 1.62. The van der Waals surface area contributed by atoms with Crippen molar-refractivity contribution in [3.8, 4) is 0 Å². The van der Waals surface area contributed by atoms with Crippen molar-refractivity contribution in [1.29, 1.82) is 0 Å². The average molecular weight is 225 g/mol. The summed E-state index contributed by atoms with van der Waals surface area (Å²) >= 11 is 3.11. The van der Waals surface area contributed by atoms with Gasteiger partial charge in [-0.3, -0.25) is 0 Å². The molecule has 0 saturated carbocycles. The van der Waals surface area contributed by atoms with Gasteiger partial charge in [0.2, 0.25) is 0 Å². The minimum Gasteiger partial charge on any atom is -0.542 e. The van der Waals surface area contributed by atoms with Crippen LogP contribution in [-0.2, 0) is 7.05 Å². The second kappa shape index (κ2) is 4.12. The van der Waals surface area contributed by atoms with E-state index in [0.29, 0.717) is 4.60 Å². The quantitative estimate of drug-likeness (QED) is 0.474. The molecule has 1 aromatic rings. The monoisotopic (exact) mass is 224 g/mol. The summed E-state index contributed by atoms with van der Waals surface area (Å²) in [6.07, 6.45) is 0. The zero-order chi connectivity index (χ0) is 8.59. The number of halogens is 1. The smallest absolute Gasteiger partial charge is 0.542 e. The van der Waals surface area contributed by atoms with Gasteiger partial charge in [0.05, 0.1) is 0 Å². The molecule has 0 amide bonds. The van der Waals surface area contributed by atoms with Crippen LogP contribution in [0, 0.1) is 6.92 Å². The van der Waals surface area contributed by atoms with Gasteiger partial charge in [-0.2, -0.15) is 0 Å². The van der Waals surface area contributed by atoms with Crippen LogP contribution in [0.25, 0.3) is 0 Å². The molecule has 0 atom stereocenters. The molecule has 1 heterocycles. The zero-order valence-electron chi connectivity index (χ0n) is 7.09. The first-order valence-electron chi connectivity index (χ1n) is 2.94. The van der Waals surface area contributed by atoms with E-state index in [1.54, 1.807) is 14.0 Å². The van der Waals surface area contributed by atoms with Crippen LogP contribution in [0.3, 0.4) is 0 Å². The number of carboxylic acid groups (broad SMARTS) is 1. The van der Waals surface area contributed by atoms with Crippen LogP contribution in [0.5, 0.6) is 0 Å². The summed E-state index contributed by atoms with van der Waals surface area (Å²) in [6.45, 7) is 1.77. The number of carboxylic acids is 1. The van der Waals surface area contributed by atoms with Crippen molar-refractivity contribution in [2.75, 3.05) is 0 Å². The van der Waals surface area contributed by atoms with Crippen molar-refractivity contribution in [2.24, 2.45) is 7.05 Å². The number of carbonyl (C=O) groups is 1. The molecule has 6 heteroatoms. The van der Waals surface area contributed by atoms with Crippen molar-refractivity contribution in [3.05, 3.63) is 16.1 Å². The number of aromatic nitrogens is 2. The maximum atomic E-state index is 10.4. The predicted molar refractivity (Wildman–Crippen MR) is 40.0 cm³/mol. The predicted octanol–water partition coefficient (Wildman–Crippen LogP) is -3.14. The van der Waals surface area contributed by atoms with Gasteiger partial charge in [-0.25, -0.2) is 4.98 Å². The van der Waals surface area contributed by atoms with Gasteiger partial charge in [0.25, 0.3) is 0 Å². The first-order valence-corrected chi connectivity index (χ1v) is 3.73. The number of rotatable bonds is 1. The fraction of sp³-hybridized carbons (Fsp3) is 0.333. The van der Waals surface area contributed by atoms with Gasteiger partial charge in [0.15, 0.2) is 5.82 Å². The van der Waals surface area contributed by atoms with E-state index in [2.05, 4.69) is 20.9 Å². The van der Waals surface area contributed by atoms with E-state index in [-0.39, 0.29) is 24.7 Å². The van der Waals surface area contributed by atoms with Crippen molar-refractivity contribution >= 4 is 21.9 Å². The third kappa shape index (κ3) is 1.92. The molecule has 0 aliphatic heterocycles. The third-order valence-electron chi connectivity index (χ3n) is 1.51. The molecular weight excluding hydrogens is 219 g/mol. The molecule has 12 heavy (non-hydrogen) atoms. The molecule has 1 rings (SSSR count). The van der Waals surface area contributed by atoms with Gasteiger partial charge in [0.1, 0.15) is 10.6 Å². The fourth-order valence-corrected chi connectivity index (χ4v) is 1.16. The molecule has 0 spiro atoms. The Balaban J connectivity index is 0.00000121. The van der Waals surface area contributed by atoms with Crippen LogP contribution in [0.15, 0.2) is 4.60 Å². The van der Waals surface area contributed by atoms with Crippen LogP contribution in [0.1, 0.15) is 16.3 Å². The summed E-state index contributed by atoms with van der Waals surface area (Å²) in [4.78, 5) is 14.1. The maximum Gasteiger partial charge on any atom is 1.00 e. The molecule has 0 N–H and O–H groups in total. The van der Waals surface area contributed by atoms with E-state index >= 15 is 0 Å². The van der Waals surface area contributed by atoms with Gasteiger partial charge in [-0.15, -0.1) is 0 Å². The summed E-state index contributed by atoms with van der Waals surface area (Å²) in [5.74, 6) is -1.32. The number of hydrogen-bond donors (Lipinski definition) is 0. The Morgan fingerprint density at radius 2 is 2.17 bits per heavy atom. The Labute approximate surface area is 90.3 Å². The van der Waals surface area contributed by atoms with Gasteiger partial charge in [-0.05, 0) is 22.9 Å². The minimum atomic E-state index is -1.26. The van der Waals surface area contributed by atoms with Crippen LogP contribution in [0.2, 0.25) is 0 Å². The van der Waals surface area contributed by atoms with E-state index < -0.39 is 5.97 Å². The van der Waals surface area contributed by atoms with Crippen LogP contribution >= 0.6 is 15.9 Å². The summed E-state index contributed by atoms with van der Waals surface area (Å²) in [5, 5.41) is 10.4. The molecule has 0 aliphatic rings. The van der Waals surface area contributed by atoms with E-state index in [9.17, 15) is 9.90 Å². The van der Waals surface area contributed by atoms with Gasteiger partial charge >= 0.3 is 18.9 Å². The third-order valence-corrected chi connectivity index (χ3v) is 2.26. The average Bonchev–Trinajstić information content (AvgIpc) is 2.17. The molecule has 60 valence electrons. The van der Waals surface area contributed by atoms with Crippen molar-refractivity contribution in [3.63, 3.8) is 0 Å². The molecule has 0 bridgehead atoms. The molecular formula is C6H6BrLiN2O2. The van der Waals surface area contributed by atoms with Crippen molar-refractivity contribution < 1.29 is 28.8 Å². The number of nitrogens with zero attached hydrogens (tertiary/aromatic N) is 2. The summed E-state index contributed by atoms with van der Waals surface area (Å²) in [5.41, 5.74) is 0.768. The Bertz CT molecular complexity index is 311. The SMILES string of the molecule is Cc1c(Br)nc(C(=O)[O-])n1C.[Li+]. The number of imidazole rings is 1. The number of hydrogen-bond acceptors (Lipinski definition) is 3. The standard InChI is InChI=1S/C6H7BrN2O2.Li/c1-3-4(7)8-5(6(10)11)9(3)2;/h1-2H3,(H,10,11);/q;+1/p-1. The van der Waals surface area contributed by atoms with Crippen molar-refractivity contribution in [2.45, 2.75) is 6.92 Å². The molecule has 0 aromatic carbocycles. The van der Waals surface area contributed by atoms with Gasteiger partial charge in [0, 0.05) is 12.7 Å². The molecule has 0 aliphatic carbocycles. The first kappa shape index (κ1) is 11.8. The normalized spacial score (nSPS) is 9.25. The minimum absolute atomic E-state index is 0. The van der Waals surface area contributed by atoms with Gasteiger partial charge in [-0.1, -0.05) is 0 Å². The zero-order valence-corrected chi connectivity index (χ0v) is 8.67. The number of carbonyl (C=O) groups excluding carboxylic acids is 1. The molecule has 0 saturated heterocycles. The van der Waals surface area contributed by atoms with E-state index in [1.807, 2.05) is 0 Å². The van der Waals surface area contributed by atoms with Crippen LogP contribution < -0.4 is 24.0 Å². The Morgan fingerprint density at radius 1 is 1.67 bits per heavy atom. The molecule has 0 radical (unpaired) electrons. The maximum absolute atomic E-state index is 10.4. The van der Waals surface area contributed by atoms with Crippen LogP contribution in [-0.4, -0.2) is 15.5 Å². The van der Waals surface area contributed by atoms with Gasteiger partial charge < -0.3 is 14.5 Å². The molecule has 0 unspecified atom stereocenters. The van der Waals surface area contributed by atoms with E-state index in [4.69, 9.17) is 0 Å². The first-order chi connectivity index (χ1) is 5.04. The van der Waals surface area contributed by atoms with E-state index in [0.717, 1.165) is 5.69 Å². The number of aromatic carboxylic acids is 1. The molecule has 0 fully saturated rings. The topological polar surface area (TPSA) is 57.9 Å².